The maximum Gasteiger partial charge on any atom is 0.220 e. The summed E-state index contributed by atoms with van der Waals surface area (Å²) >= 11 is 0. The second-order valence-corrected chi connectivity index (χ2v) is 6.02. The van der Waals surface area contributed by atoms with Crippen molar-refractivity contribution in [2.24, 2.45) is 0 Å². The first-order valence-corrected chi connectivity index (χ1v) is 7.77. The summed E-state index contributed by atoms with van der Waals surface area (Å²) in [5.74, 6) is 0.102. The van der Waals surface area contributed by atoms with Crippen LogP contribution in [0.5, 0.6) is 0 Å². The summed E-state index contributed by atoms with van der Waals surface area (Å²) in [6.07, 6.45) is 1.24. The van der Waals surface area contributed by atoms with E-state index < -0.39 is 0 Å². The predicted octanol–water partition coefficient (Wildman–Crippen LogP) is 2.44. The van der Waals surface area contributed by atoms with Crippen molar-refractivity contribution in [3.63, 3.8) is 0 Å². The van der Waals surface area contributed by atoms with E-state index in [2.05, 4.69) is 37.9 Å². The zero-order valence-corrected chi connectivity index (χ0v) is 13.7. The Hall–Kier alpha value is -1.55. The second kappa shape index (κ2) is 8.67. The molecule has 0 fully saturated rings. The van der Waals surface area contributed by atoms with E-state index in [1.165, 1.54) is 0 Å². The van der Waals surface area contributed by atoms with Gasteiger partial charge < -0.3 is 11.1 Å². The molecule has 21 heavy (non-hydrogen) atoms. The Balaban J connectivity index is 2.28. The SMILES string of the molecule is CC(C)N(CCNC(=O)CCc1cccc(N)c1)C(C)C. The molecule has 0 unspecified atom stereocenters. The van der Waals surface area contributed by atoms with Crippen molar-refractivity contribution in [3.05, 3.63) is 29.8 Å². The van der Waals surface area contributed by atoms with Crippen molar-refractivity contribution >= 4 is 11.6 Å². The molecule has 1 rings (SSSR count). The van der Waals surface area contributed by atoms with Gasteiger partial charge in [0.25, 0.3) is 0 Å². The molecule has 0 aliphatic carbocycles. The van der Waals surface area contributed by atoms with E-state index in [1.54, 1.807) is 0 Å². The number of carbonyl (C=O) groups excluding carboxylic acids is 1. The molecule has 0 heterocycles. The highest BCUT2D eigenvalue weighted by Crippen LogP contribution is 2.08. The van der Waals surface area contributed by atoms with Gasteiger partial charge in [-0.25, -0.2) is 0 Å². The standard InChI is InChI=1S/C17H29N3O/c1-13(2)20(14(3)4)11-10-19-17(21)9-8-15-6-5-7-16(18)12-15/h5-7,12-14H,8-11,18H2,1-4H3,(H,19,21). The number of aryl methyl sites for hydroxylation is 1. The van der Waals surface area contributed by atoms with E-state index >= 15 is 0 Å². The fraction of sp³-hybridized carbons (Fsp3) is 0.588. The molecule has 3 N–H and O–H groups in total. The lowest BCUT2D eigenvalue weighted by Gasteiger charge is -2.30. The molecule has 4 heteroatoms. The Morgan fingerprint density at radius 3 is 2.48 bits per heavy atom. The minimum Gasteiger partial charge on any atom is -0.399 e. The lowest BCUT2D eigenvalue weighted by Crippen LogP contribution is -2.42. The minimum absolute atomic E-state index is 0.102. The van der Waals surface area contributed by atoms with E-state index in [0.29, 0.717) is 25.0 Å². The lowest BCUT2D eigenvalue weighted by atomic mass is 10.1. The predicted molar refractivity (Wildman–Crippen MR) is 89.2 cm³/mol. The first kappa shape index (κ1) is 17.5. The van der Waals surface area contributed by atoms with Crippen LogP contribution in [-0.2, 0) is 11.2 Å². The number of nitrogens with two attached hydrogens (primary N) is 1. The molecule has 0 atom stereocenters. The van der Waals surface area contributed by atoms with Crippen LogP contribution in [0.4, 0.5) is 5.69 Å². The molecule has 0 saturated heterocycles. The molecule has 0 aliphatic heterocycles. The third kappa shape index (κ3) is 6.63. The third-order valence-corrected chi connectivity index (χ3v) is 3.61. The molecule has 0 saturated carbocycles. The van der Waals surface area contributed by atoms with Crippen LogP contribution in [0.25, 0.3) is 0 Å². The maximum atomic E-state index is 11.9. The largest absolute Gasteiger partial charge is 0.399 e. The molecular weight excluding hydrogens is 262 g/mol. The van der Waals surface area contributed by atoms with Crippen molar-refractivity contribution in [3.8, 4) is 0 Å². The summed E-state index contributed by atoms with van der Waals surface area (Å²) < 4.78 is 0. The quantitative estimate of drug-likeness (QED) is 0.723. The maximum absolute atomic E-state index is 11.9. The van der Waals surface area contributed by atoms with Crippen LogP contribution in [0.2, 0.25) is 0 Å². The van der Waals surface area contributed by atoms with E-state index in [9.17, 15) is 4.79 Å². The summed E-state index contributed by atoms with van der Waals surface area (Å²) in [6.45, 7) is 10.3. The van der Waals surface area contributed by atoms with Gasteiger partial charge in [0.05, 0.1) is 0 Å². The fourth-order valence-corrected chi connectivity index (χ4v) is 2.53. The Kier molecular flexibility index (Phi) is 7.23. The number of rotatable bonds is 8. The summed E-state index contributed by atoms with van der Waals surface area (Å²) in [7, 11) is 0. The van der Waals surface area contributed by atoms with Crippen molar-refractivity contribution < 1.29 is 4.79 Å². The van der Waals surface area contributed by atoms with Gasteiger partial charge in [-0.2, -0.15) is 0 Å². The monoisotopic (exact) mass is 291 g/mol. The average molecular weight is 291 g/mol. The molecule has 118 valence electrons. The zero-order chi connectivity index (χ0) is 15.8. The molecule has 1 amide bonds. The van der Waals surface area contributed by atoms with Gasteiger partial charge in [-0.3, -0.25) is 9.69 Å². The number of nitrogen functional groups attached to an aromatic ring is 1. The van der Waals surface area contributed by atoms with E-state index in [0.717, 1.165) is 24.2 Å². The van der Waals surface area contributed by atoms with E-state index in [1.807, 2.05) is 24.3 Å². The summed E-state index contributed by atoms with van der Waals surface area (Å²) in [5.41, 5.74) is 7.58. The van der Waals surface area contributed by atoms with Crippen LogP contribution >= 0.6 is 0 Å². The molecule has 0 radical (unpaired) electrons. The van der Waals surface area contributed by atoms with Crippen molar-refractivity contribution in [1.29, 1.82) is 0 Å². The van der Waals surface area contributed by atoms with Crippen molar-refractivity contribution in [2.45, 2.75) is 52.6 Å². The Morgan fingerprint density at radius 2 is 1.90 bits per heavy atom. The van der Waals surface area contributed by atoms with Gasteiger partial charge in [0.2, 0.25) is 5.91 Å². The van der Waals surface area contributed by atoms with Gasteiger partial charge in [0.15, 0.2) is 0 Å². The van der Waals surface area contributed by atoms with Crippen LogP contribution in [-0.4, -0.2) is 36.0 Å². The highest BCUT2D eigenvalue weighted by molar-refractivity contribution is 5.76. The van der Waals surface area contributed by atoms with Crippen LogP contribution < -0.4 is 11.1 Å². The van der Waals surface area contributed by atoms with Gasteiger partial charge in [-0.15, -0.1) is 0 Å². The number of hydrogen-bond acceptors (Lipinski definition) is 3. The van der Waals surface area contributed by atoms with Gasteiger partial charge in [0.1, 0.15) is 0 Å². The van der Waals surface area contributed by atoms with Crippen LogP contribution in [0, 0.1) is 0 Å². The zero-order valence-electron chi connectivity index (χ0n) is 13.7. The number of nitrogens with one attached hydrogen (secondary N) is 1. The molecule has 0 spiro atoms. The average Bonchev–Trinajstić information content (AvgIpc) is 2.40. The van der Waals surface area contributed by atoms with Crippen molar-refractivity contribution in [1.82, 2.24) is 10.2 Å². The van der Waals surface area contributed by atoms with Gasteiger partial charge >= 0.3 is 0 Å². The number of anilines is 1. The summed E-state index contributed by atoms with van der Waals surface area (Å²) in [4.78, 5) is 14.2. The number of amides is 1. The summed E-state index contributed by atoms with van der Waals surface area (Å²) in [6, 6.07) is 8.69. The van der Waals surface area contributed by atoms with Crippen LogP contribution in [0.1, 0.15) is 39.7 Å². The highest BCUT2D eigenvalue weighted by Gasteiger charge is 2.12. The van der Waals surface area contributed by atoms with Crippen molar-refractivity contribution in [2.75, 3.05) is 18.8 Å². The molecular formula is C17H29N3O. The van der Waals surface area contributed by atoms with E-state index in [4.69, 9.17) is 5.73 Å². The second-order valence-electron chi connectivity index (χ2n) is 6.02. The highest BCUT2D eigenvalue weighted by atomic mass is 16.1. The fourth-order valence-electron chi connectivity index (χ4n) is 2.53. The lowest BCUT2D eigenvalue weighted by molar-refractivity contribution is -0.121. The molecule has 1 aromatic rings. The van der Waals surface area contributed by atoms with Gasteiger partial charge in [-0.05, 0) is 51.8 Å². The molecule has 0 aromatic heterocycles. The number of nitrogens with zero attached hydrogens (tertiary/aromatic N) is 1. The number of carbonyl (C=O) groups is 1. The normalized spacial score (nSPS) is 11.4. The first-order chi connectivity index (χ1) is 9.90. The van der Waals surface area contributed by atoms with Gasteiger partial charge in [0, 0.05) is 37.3 Å². The Bertz CT molecular complexity index is 435. The van der Waals surface area contributed by atoms with Crippen LogP contribution in [0.15, 0.2) is 24.3 Å². The van der Waals surface area contributed by atoms with Crippen LogP contribution in [0.3, 0.4) is 0 Å². The Labute approximate surface area is 128 Å². The third-order valence-electron chi connectivity index (χ3n) is 3.61. The topological polar surface area (TPSA) is 58.4 Å². The number of hydrogen-bond donors (Lipinski definition) is 2. The molecule has 1 aromatic carbocycles. The molecule has 0 bridgehead atoms. The minimum atomic E-state index is 0.102. The Morgan fingerprint density at radius 1 is 1.24 bits per heavy atom. The summed E-state index contributed by atoms with van der Waals surface area (Å²) in [5, 5.41) is 3.00. The van der Waals surface area contributed by atoms with Gasteiger partial charge in [-0.1, -0.05) is 12.1 Å². The molecule has 4 nitrogen and oxygen atoms in total. The van der Waals surface area contributed by atoms with E-state index in [-0.39, 0.29) is 5.91 Å². The first-order valence-electron chi connectivity index (χ1n) is 7.77. The number of benzene rings is 1. The smallest absolute Gasteiger partial charge is 0.220 e. The molecule has 0 aliphatic rings.